The molecule has 3 aromatic rings. The lowest BCUT2D eigenvalue weighted by Crippen LogP contribution is -2.02. The Morgan fingerprint density at radius 2 is 2.05 bits per heavy atom. The summed E-state index contributed by atoms with van der Waals surface area (Å²) in [6.45, 7) is 2.26. The number of nitrogens with one attached hydrogen (secondary N) is 1. The Balaban J connectivity index is 1.80. The second-order valence-corrected chi connectivity index (χ2v) is 5.91. The summed E-state index contributed by atoms with van der Waals surface area (Å²) in [6, 6.07) is 11.4. The minimum absolute atomic E-state index is 0.209. The van der Waals surface area contributed by atoms with Gasteiger partial charge in [0.15, 0.2) is 5.16 Å². The zero-order chi connectivity index (χ0) is 14.8. The lowest BCUT2D eigenvalue weighted by Gasteiger charge is -2.05. The molecule has 1 heterocycles. The molecule has 3 nitrogen and oxygen atoms in total. The number of hydrogen-bond acceptors (Lipinski definition) is 3. The van der Waals surface area contributed by atoms with Gasteiger partial charge in [-0.2, -0.15) is 0 Å². The molecule has 108 valence electrons. The molecule has 0 radical (unpaired) electrons. The van der Waals surface area contributed by atoms with Crippen LogP contribution in [0, 0.1) is 12.7 Å². The average Bonchev–Trinajstić information content (AvgIpc) is 2.88. The fraction of sp³-hybridized carbons (Fsp3) is 0.188. The molecule has 3 N–H and O–H groups in total. The van der Waals surface area contributed by atoms with Crippen LogP contribution in [0.15, 0.2) is 41.6 Å². The van der Waals surface area contributed by atoms with E-state index in [1.54, 1.807) is 12.1 Å². The predicted octanol–water partition coefficient (Wildman–Crippen LogP) is 3.76. The van der Waals surface area contributed by atoms with Crippen LogP contribution in [0.4, 0.5) is 4.39 Å². The number of nitrogens with zero attached hydrogens (tertiary/aromatic N) is 1. The molecule has 0 saturated heterocycles. The highest BCUT2D eigenvalue weighted by molar-refractivity contribution is 7.98. The Morgan fingerprint density at radius 1 is 1.24 bits per heavy atom. The third-order valence-corrected chi connectivity index (χ3v) is 4.28. The largest absolute Gasteiger partial charge is 0.333 e. The van der Waals surface area contributed by atoms with Gasteiger partial charge in [-0.15, -0.1) is 0 Å². The average molecular weight is 301 g/mol. The van der Waals surface area contributed by atoms with Gasteiger partial charge in [0.05, 0.1) is 11.0 Å². The lowest BCUT2D eigenvalue weighted by molar-refractivity contribution is 0.600. The number of nitrogens with two attached hydrogens (primary N) is 1. The number of fused-ring (bicyclic) bond motifs is 1. The molecule has 0 aliphatic carbocycles. The molecule has 3 rings (SSSR count). The molecule has 0 saturated carbocycles. The number of H-pyrrole nitrogens is 1. The van der Waals surface area contributed by atoms with E-state index >= 15 is 0 Å². The van der Waals surface area contributed by atoms with E-state index in [-0.39, 0.29) is 12.4 Å². The molecule has 0 aliphatic rings. The van der Waals surface area contributed by atoms with Crippen molar-refractivity contribution >= 4 is 22.8 Å². The molecule has 0 bridgehead atoms. The van der Waals surface area contributed by atoms with Crippen LogP contribution >= 0.6 is 11.8 Å². The Bertz CT molecular complexity index is 782. The number of aromatic amines is 1. The topological polar surface area (TPSA) is 54.7 Å². The fourth-order valence-corrected chi connectivity index (χ4v) is 3.08. The monoisotopic (exact) mass is 301 g/mol. The van der Waals surface area contributed by atoms with Gasteiger partial charge in [0.2, 0.25) is 0 Å². The van der Waals surface area contributed by atoms with Crippen molar-refractivity contribution in [2.75, 3.05) is 0 Å². The summed E-state index contributed by atoms with van der Waals surface area (Å²) in [4.78, 5) is 7.76. The van der Waals surface area contributed by atoms with E-state index < -0.39 is 0 Å². The quantitative estimate of drug-likeness (QED) is 0.721. The molecular formula is C16H16FN3S. The van der Waals surface area contributed by atoms with Crippen molar-refractivity contribution in [3.63, 3.8) is 0 Å². The van der Waals surface area contributed by atoms with Gasteiger partial charge >= 0.3 is 0 Å². The van der Waals surface area contributed by atoms with Gasteiger partial charge in [-0.05, 0) is 30.2 Å². The van der Waals surface area contributed by atoms with Crippen molar-refractivity contribution in [1.82, 2.24) is 9.97 Å². The summed E-state index contributed by atoms with van der Waals surface area (Å²) in [5, 5.41) is 0.799. The Hall–Kier alpha value is -1.85. The van der Waals surface area contributed by atoms with Gasteiger partial charge in [-0.3, -0.25) is 0 Å². The smallest absolute Gasteiger partial charge is 0.166 e. The van der Waals surface area contributed by atoms with Crippen LogP contribution in [0.1, 0.15) is 16.7 Å². The highest BCUT2D eigenvalue weighted by Gasteiger charge is 2.09. The molecule has 0 amide bonds. The zero-order valence-corrected chi connectivity index (χ0v) is 12.5. The summed E-state index contributed by atoms with van der Waals surface area (Å²) in [6.07, 6.45) is 0. The molecule has 2 aromatic carbocycles. The summed E-state index contributed by atoms with van der Waals surface area (Å²) in [7, 11) is 0. The molecule has 21 heavy (non-hydrogen) atoms. The molecule has 0 unspecified atom stereocenters. The number of aromatic nitrogens is 2. The standard InChI is InChI=1S/C16H16FN3S/c1-10-5-6-13-14(7-10)20-16(19-13)21-9-12-4-2-3-11(8-18)15(12)17/h2-7H,8-9,18H2,1H3,(H,19,20). The number of halogens is 1. The van der Waals surface area contributed by atoms with E-state index in [1.165, 1.54) is 17.3 Å². The van der Waals surface area contributed by atoms with Crippen LogP contribution in [0.5, 0.6) is 0 Å². The highest BCUT2D eigenvalue weighted by atomic mass is 32.2. The number of rotatable bonds is 4. The van der Waals surface area contributed by atoms with Crippen LogP contribution in [0.2, 0.25) is 0 Å². The van der Waals surface area contributed by atoms with Crippen molar-refractivity contribution in [2.24, 2.45) is 5.73 Å². The van der Waals surface area contributed by atoms with Crippen LogP contribution in [0.25, 0.3) is 11.0 Å². The Morgan fingerprint density at radius 3 is 2.86 bits per heavy atom. The van der Waals surface area contributed by atoms with E-state index in [0.717, 1.165) is 16.2 Å². The van der Waals surface area contributed by atoms with E-state index in [2.05, 4.69) is 16.0 Å². The maximum Gasteiger partial charge on any atom is 0.166 e. The number of thioether (sulfide) groups is 1. The van der Waals surface area contributed by atoms with Crippen molar-refractivity contribution in [3.8, 4) is 0 Å². The van der Waals surface area contributed by atoms with E-state index in [0.29, 0.717) is 16.9 Å². The Kier molecular flexibility index (Phi) is 3.94. The third kappa shape index (κ3) is 2.94. The third-order valence-electron chi connectivity index (χ3n) is 3.36. The summed E-state index contributed by atoms with van der Waals surface area (Å²) in [5.74, 6) is 0.317. The van der Waals surface area contributed by atoms with Crippen LogP contribution < -0.4 is 5.73 Å². The minimum atomic E-state index is -0.209. The van der Waals surface area contributed by atoms with Gasteiger partial charge in [-0.1, -0.05) is 36.0 Å². The normalized spacial score (nSPS) is 11.2. The van der Waals surface area contributed by atoms with Crippen molar-refractivity contribution in [3.05, 3.63) is 58.9 Å². The minimum Gasteiger partial charge on any atom is -0.333 e. The summed E-state index contributed by atoms with van der Waals surface area (Å²) >= 11 is 1.49. The lowest BCUT2D eigenvalue weighted by atomic mass is 10.1. The number of benzene rings is 2. The maximum atomic E-state index is 14.1. The molecule has 1 aromatic heterocycles. The maximum absolute atomic E-state index is 14.1. The van der Waals surface area contributed by atoms with Gasteiger partial charge in [0, 0.05) is 17.9 Å². The van der Waals surface area contributed by atoms with Gasteiger partial charge < -0.3 is 10.7 Å². The molecule has 0 fully saturated rings. The zero-order valence-electron chi connectivity index (χ0n) is 11.7. The first kappa shape index (κ1) is 14.1. The van der Waals surface area contributed by atoms with Gasteiger partial charge in [0.25, 0.3) is 0 Å². The molecule has 0 spiro atoms. The van der Waals surface area contributed by atoms with E-state index in [9.17, 15) is 4.39 Å². The molecule has 5 heteroatoms. The number of imidazole rings is 1. The van der Waals surface area contributed by atoms with Crippen LogP contribution in [-0.2, 0) is 12.3 Å². The first-order valence-electron chi connectivity index (χ1n) is 6.73. The SMILES string of the molecule is Cc1ccc2nc(SCc3cccc(CN)c3F)[nH]c2c1. The highest BCUT2D eigenvalue weighted by Crippen LogP contribution is 2.25. The van der Waals surface area contributed by atoms with Crippen molar-refractivity contribution < 1.29 is 4.39 Å². The van der Waals surface area contributed by atoms with E-state index in [4.69, 9.17) is 5.73 Å². The predicted molar refractivity (Wildman–Crippen MR) is 84.7 cm³/mol. The second kappa shape index (κ2) is 5.87. The fourth-order valence-electron chi connectivity index (χ4n) is 2.22. The summed E-state index contributed by atoms with van der Waals surface area (Å²) in [5.41, 5.74) is 9.85. The number of hydrogen-bond donors (Lipinski definition) is 2. The van der Waals surface area contributed by atoms with E-state index in [1.807, 2.05) is 25.1 Å². The summed E-state index contributed by atoms with van der Waals surface area (Å²) < 4.78 is 14.1. The first-order valence-corrected chi connectivity index (χ1v) is 7.71. The van der Waals surface area contributed by atoms with Gasteiger partial charge in [-0.25, -0.2) is 9.37 Å². The van der Waals surface area contributed by atoms with Crippen LogP contribution in [-0.4, -0.2) is 9.97 Å². The van der Waals surface area contributed by atoms with Gasteiger partial charge in [0.1, 0.15) is 5.82 Å². The molecular weight excluding hydrogens is 285 g/mol. The first-order chi connectivity index (χ1) is 10.2. The van der Waals surface area contributed by atoms with Crippen molar-refractivity contribution in [1.29, 1.82) is 0 Å². The second-order valence-electron chi connectivity index (χ2n) is 4.95. The number of aryl methyl sites for hydroxylation is 1. The van der Waals surface area contributed by atoms with Crippen molar-refractivity contribution in [2.45, 2.75) is 24.4 Å². The Labute approximate surface area is 126 Å². The molecule has 0 aliphatic heterocycles. The molecule has 0 atom stereocenters. The van der Waals surface area contributed by atoms with Crippen LogP contribution in [0.3, 0.4) is 0 Å².